The second-order valence-corrected chi connectivity index (χ2v) is 7.80. The van der Waals surface area contributed by atoms with E-state index in [2.05, 4.69) is 0 Å². The molecular weight excluding hydrogens is 268 g/mol. The number of ether oxygens (including phenoxy) is 1. The van der Waals surface area contributed by atoms with Crippen molar-refractivity contribution in [1.82, 2.24) is 0 Å². The molecule has 0 aliphatic rings. The Bertz CT molecular complexity index is 627. The average molecular weight is 282 g/mol. The normalized spacial score (nSPS) is 13.9. The Kier molecular flexibility index (Phi) is 4.06. The summed E-state index contributed by atoms with van der Waals surface area (Å²) >= 11 is 0. The van der Waals surface area contributed by atoms with E-state index in [1.807, 2.05) is 6.07 Å². The number of benzene rings is 2. The Morgan fingerprint density at radius 1 is 1.06 bits per heavy atom. The lowest BCUT2D eigenvalue weighted by Gasteiger charge is -2.04. The topological polar surface area (TPSA) is 46.5 Å². The fourth-order valence-corrected chi connectivity index (χ4v) is 4.51. The molecule has 0 saturated heterocycles. The van der Waals surface area contributed by atoms with Crippen LogP contribution in [0.15, 0.2) is 64.4 Å². The number of hydrogen-bond acceptors (Lipinski definition) is 2. The van der Waals surface area contributed by atoms with Crippen molar-refractivity contribution in [3.63, 3.8) is 0 Å². The molecule has 5 heteroatoms. The van der Waals surface area contributed by atoms with E-state index in [-0.39, 0.29) is 0 Å². The quantitative estimate of drug-likeness (QED) is 0.851. The number of hydrogen-bond donors (Lipinski definition) is 2. The maximum atomic E-state index is 12.2. The third kappa shape index (κ3) is 3.13. The largest absolute Gasteiger partial charge is 0.497 e. The van der Waals surface area contributed by atoms with Crippen molar-refractivity contribution in [1.29, 1.82) is 0 Å². The fourth-order valence-electron chi connectivity index (χ4n) is 1.44. The first-order valence-corrected chi connectivity index (χ1v) is 8.32. The van der Waals surface area contributed by atoms with Gasteiger partial charge in [0.05, 0.1) is 12.0 Å². The highest BCUT2D eigenvalue weighted by molar-refractivity contribution is 8.36. The van der Waals surface area contributed by atoms with E-state index in [1.54, 1.807) is 55.6 Å². The molecule has 18 heavy (non-hydrogen) atoms. The zero-order valence-electron chi connectivity index (χ0n) is 9.82. The van der Waals surface area contributed by atoms with E-state index in [9.17, 15) is 8.76 Å². The highest BCUT2D eigenvalue weighted by atomic mass is 32.9. The van der Waals surface area contributed by atoms with Gasteiger partial charge in [-0.15, -0.1) is 0 Å². The standard InChI is InChI=1S/C13H14O3S2/c1-16-11-7-9-12(10-8-11)17-18(14,15)13-5-3-2-4-6-13/h2-10,17H,1H3,(H,14,15). The van der Waals surface area contributed by atoms with E-state index < -0.39 is 8.77 Å². The molecule has 0 radical (unpaired) electrons. The minimum absolute atomic E-state index is 0.390. The molecule has 1 atom stereocenters. The van der Waals surface area contributed by atoms with E-state index in [0.717, 1.165) is 10.6 Å². The molecule has 2 aromatic rings. The molecule has 0 saturated carbocycles. The zero-order valence-corrected chi connectivity index (χ0v) is 11.5. The summed E-state index contributed by atoms with van der Waals surface area (Å²) in [6.45, 7) is 0. The van der Waals surface area contributed by atoms with E-state index in [0.29, 0.717) is 15.2 Å². The summed E-state index contributed by atoms with van der Waals surface area (Å²) in [7, 11) is -1.07. The van der Waals surface area contributed by atoms with Crippen LogP contribution < -0.4 is 4.74 Å². The zero-order chi connectivity index (χ0) is 13.0. The molecule has 0 aromatic heterocycles. The van der Waals surface area contributed by atoms with Crippen LogP contribution >= 0.6 is 0 Å². The molecular formula is C13H14O3S2. The van der Waals surface area contributed by atoms with Gasteiger partial charge in [0.25, 0.3) is 0 Å². The van der Waals surface area contributed by atoms with E-state index >= 15 is 0 Å². The van der Waals surface area contributed by atoms with Gasteiger partial charge in [0, 0.05) is 4.90 Å². The molecule has 2 aromatic carbocycles. The molecule has 2 rings (SSSR count). The van der Waals surface area contributed by atoms with Crippen molar-refractivity contribution in [2.45, 2.75) is 9.79 Å². The first-order chi connectivity index (χ1) is 8.62. The first-order valence-electron chi connectivity index (χ1n) is 5.30. The van der Waals surface area contributed by atoms with Crippen molar-refractivity contribution in [2.75, 3.05) is 7.11 Å². The fraction of sp³-hybridized carbons (Fsp3) is 0.0769. The minimum Gasteiger partial charge on any atom is -0.497 e. The Balaban J connectivity index is 2.40. The maximum Gasteiger partial charge on any atom is 0.134 e. The van der Waals surface area contributed by atoms with Crippen molar-refractivity contribution in [2.24, 2.45) is 0 Å². The lowest BCUT2D eigenvalue weighted by molar-refractivity contribution is 0.414. The molecule has 1 N–H and O–H groups in total. The van der Waals surface area contributed by atoms with Crippen LogP contribution in [0.5, 0.6) is 5.75 Å². The Labute approximate surface area is 110 Å². The third-order valence-corrected chi connectivity index (χ3v) is 6.00. The van der Waals surface area contributed by atoms with Crippen LogP contribution in [-0.4, -0.2) is 15.9 Å². The third-order valence-electron chi connectivity index (χ3n) is 2.35. The number of thiol groups is 1. The molecule has 1 unspecified atom stereocenters. The summed E-state index contributed by atoms with van der Waals surface area (Å²) < 4.78 is 27.3. The minimum atomic E-state index is -3.05. The molecule has 0 heterocycles. The Hall–Kier alpha value is -1.30. The van der Waals surface area contributed by atoms with Gasteiger partial charge in [0.2, 0.25) is 0 Å². The lowest BCUT2D eigenvalue weighted by Crippen LogP contribution is -1.99. The van der Waals surface area contributed by atoms with E-state index in [4.69, 9.17) is 4.74 Å². The van der Waals surface area contributed by atoms with Crippen molar-refractivity contribution in [3.05, 3.63) is 54.6 Å². The van der Waals surface area contributed by atoms with Gasteiger partial charge in [-0.25, -0.2) is 4.21 Å². The SMILES string of the molecule is COc1ccc([SH]=S(=O)(O)c2ccccc2)cc1. The van der Waals surface area contributed by atoms with Crippen LogP contribution in [0.2, 0.25) is 0 Å². The van der Waals surface area contributed by atoms with Gasteiger partial charge in [-0.05, 0) is 36.4 Å². The highest BCUT2D eigenvalue weighted by Crippen LogP contribution is 2.15. The molecule has 3 nitrogen and oxygen atoms in total. The van der Waals surface area contributed by atoms with Gasteiger partial charge < -0.3 is 9.29 Å². The Morgan fingerprint density at radius 2 is 1.67 bits per heavy atom. The van der Waals surface area contributed by atoms with Gasteiger partial charge in [-0.2, -0.15) is 0 Å². The maximum absolute atomic E-state index is 12.2. The van der Waals surface area contributed by atoms with Crippen molar-refractivity contribution < 1.29 is 13.5 Å². The van der Waals surface area contributed by atoms with Crippen LogP contribution in [-0.2, 0) is 19.1 Å². The molecule has 0 aliphatic carbocycles. The predicted octanol–water partition coefficient (Wildman–Crippen LogP) is 2.60. The summed E-state index contributed by atoms with van der Waals surface area (Å²) in [4.78, 5) is 1.23. The predicted molar refractivity (Wildman–Crippen MR) is 75.5 cm³/mol. The monoisotopic (exact) mass is 282 g/mol. The summed E-state index contributed by atoms with van der Waals surface area (Å²) in [6, 6.07) is 15.8. The molecule has 0 bridgehead atoms. The first kappa shape index (κ1) is 13.1. The summed E-state index contributed by atoms with van der Waals surface area (Å²) in [6.07, 6.45) is 0. The summed E-state index contributed by atoms with van der Waals surface area (Å²) in [5.41, 5.74) is 0. The van der Waals surface area contributed by atoms with Crippen LogP contribution in [0.4, 0.5) is 0 Å². The van der Waals surface area contributed by atoms with E-state index in [1.165, 1.54) is 0 Å². The average Bonchev–Trinajstić information content (AvgIpc) is 2.40. The molecule has 0 spiro atoms. The van der Waals surface area contributed by atoms with Crippen molar-refractivity contribution >= 4 is 19.1 Å². The number of rotatable bonds is 3. The highest BCUT2D eigenvalue weighted by Gasteiger charge is 2.05. The van der Waals surface area contributed by atoms with Crippen molar-refractivity contribution in [3.8, 4) is 5.75 Å². The molecule has 0 fully saturated rings. The molecule has 0 amide bonds. The van der Waals surface area contributed by atoms with Gasteiger partial charge in [0.15, 0.2) is 0 Å². The lowest BCUT2D eigenvalue weighted by atomic mass is 10.3. The van der Waals surface area contributed by atoms with Crippen LogP contribution in [0.1, 0.15) is 0 Å². The van der Waals surface area contributed by atoms with Gasteiger partial charge in [0.1, 0.15) is 14.5 Å². The van der Waals surface area contributed by atoms with Gasteiger partial charge >= 0.3 is 0 Å². The van der Waals surface area contributed by atoms with Gasteiger partial charge in [-0.1, -0.05) is 28.5 Å². The smallest absolute Gasteiger partial charge is 0.134 e. The summed E-state index contributed by atoms with van der Waals surface area (Å²) in [5, 5.41) is 0. The van der Waals surface area contributed by atoms with Crippen LogP contribution in [0, 0.1) is 0 Å². The molecule has 96 valence electrons. The van der Waals surface area contributed by atoms with Gasteiger partial charge in [-0.3, -0.25) is 0 Å². The second kappa shape index (κ2) is 5.56. The Morgan fingerprint density at radius 3 is 2.22 bits per heavy atom. The van der Waals surface area contributed by atoms with Crippen LogP contribution in [0.25, 0.3) is 0 Å². The van der Waals surface area contributed by atoms with Crippen LogP contribution in [0.3, 0.4) is 0 Å². The second-order valence-electron chi connectivity index (χ2n) is 3.60. The summed E-state index contributed by atoms with van der Waals surface area (Å²) in [5.74, 6) is 0.734. The number of methoxy groups -OCH3 is 1. The molecule has 0 aliphatic heterocycles.